The van der Waals surface area contributed by atoms with Gasteiger partial charge in [-0.3, -0.25) is 49.5 Å². The number of ketones is 2. The largest absolute Gasteiger partial charge is 0.480 e. The number of carbonyl (C=O) groups is 10. The van der Waals surface area contributed by atoms with Gasteiger partial charge in [0.25, 0.3) is 0 Å². The highest BCUT2D eigenvalue weighted by atomic mass is 35.5. The number of carboxylic acid groups (broad SMARTS) is 1. The molecule has 0 saturated carbocycles. The molecule has 0 radical (unpaired) electrons. The van der Waals surface area contributed by atoms with Crippen LogP contribution in [0.4, 0.5) is 14.4 Å². The van der Waals surface area contributed by atoms with Crippen LogP contribution < -0.4 is 33.2 Å². The molecule has 0 bridgehead atoms. The lowest BCUT2D eigenvalue weighted by molar-refractivity contribution is -0.143. The number of nitrogens with zero attached hydrogens (tertiary/aromatic N) is 2. The first-order chi connectivity index (χ1) is 21.9. The zero-order valence-corrected chi connectivity index (χ0v) is 26.2. The molecule has 1 aromatic carbocycles. The number of carbonyl (C=O) groups excluding carboxylic acids is 9. The number of hydrogen-bond donors (Lipinski definition) is 7. The van der Waals surface area contributed by atoms with Crippen molar-refractivity contribution >= 4 is 70.9 Å². The van der Waals surface area contributed by atoms with Crippen LogP contribution in [-0.2, 0) is 44.9 Å². The fraction of sp³-hybridized carbons (Fsp3) is 0.385. The monoisotopic (exact) mass is 688 g/mol. The van der Waals surface area contributed by atoms with Crippen molar-refractivity contribution in [2.24, 2.45) is 17.2 Å². The molecule has 20 nitrogen and oxygen atoms in total. The van der Waals surface area contributed by atoms with Gasteiger partial charge in [0.1, 0.15) is 37.1 Å². The fourth-order valence-corrected chi connectivity index (χ4v) is 2.79. The predicted molar refractivity (Wildman–Crippen MR) is 162 cm³/mol. The molecule has 0 aromatic heterocycles. The van der Waals surface area contributed by atoms with E-state index in [-0.39, 0.29) is 74.5 Å². The van der Waals surface area contributed by atoms with E-state index >= 15 is 0 Å². The minimum absolute atomic E-state index is 0.00157. The van der Waals surface area contributed by atoms with Gasteiger partial charge in [-0.05, 0) is 19.4 Å². The van der Waals surface area contributed by atoms with E-state index in [2.05, 4.69) is 22.1 Å². The Hall–Kier alpha value is -5.47. The smallest absolute Gasteiger partial charge is 0.324 e. The van der Waals surface area contributed by atoms with Crippen LogP contribution in [0.3, 0.4) is 0 Å². The van der Waals surface area contributed by atoms with Crippen LogP contribution >= 0.6 is 11.6 Å². The molecule has 1 aromatic rings. The number of primary amides is 1. The van der Waals surface area contributed by atoms with Gasteiger partial charge in [0, 0.05) is 0 Å². The number of esters is 1. The third kappa shape index (κ3) is 24.5. The Kier molecular flexibility index (Phi) is 23.0. The zero-order valence-electron chi connectivity index (χ0n) is 25.5. The highest BCUT2D eigenvalue weighted by Gasteiger charge is 2.27. The van der Waals surface area contributed by atoms with E-state index in [9.17, 15) is 47.9 Å². The molecule has 2 aliphatic heterocycles. The normalized spacial score (nSPS) is 12.5. The Morgan fingerprint density at radius 2 is 1.28 bits per heavy atom. The van der Waals surface area contributed by atoms with Crippen LogP contribution in [0.15, 0.2) is 30.3 Å². The number of amides is 9. The van der Waals surface area contributed by atoms with Crippen molar-refractivity contribution in [3.63, 3.8) is 0 Å². The van der Waals surface area contributed by atoms with Crippen molar-refractivity contribution < 1.29 is 57.8 Å². The lowest BCUT2D eigenvalue weighted by atomic mass is 10.2. The SMILES string of the molecule is CC(=O)CN1CC(=O)NC1=O.CC(=O)CN1CC(=O)NC1=O.NC(=O)NC(=O)CCl.NCC(=O)O.NCC(=O)OCc1ccccc1. The number of imide groups is 3. The van der Waals surface area contributed by atoms with Crippen molar-refractivity contribution in [3.05, 3.63) is 35.9 Å². The molecule has 2 saturated heterocycles. The van der Waals surface area contributed by atoms with E-state index in [1.807, 2.05) is 30.3 Å². The Bertz CT molecular complexity index is 1230. The van der Waals surface area contributed by atoms with Gasteiger partial charge in [-0.15, -0.1) is 11.6 Å². The van der Waals surface area contributed by atoms with Crippen molar-refractivity contribution in [2.75, 3.05) is 45.1 Å². The van der Waals surface area contributed by atoms with E-state index in [4.69, 9.17) is 27.2 Å². The number of nitrogens with two attached hydrogens (primary N) is 3. The zero-order chi connectivity index (χ0) is 36.5. The number of halogens is 1. The molecule has 47 heavy (non-hydrogen) atoms. The first kappa shape index (κ1) is 43.7. The number of ether oxygens (including phenoxy) is 1. The number of hydrogen-bond acceptors (Lipinski definition) is 13. The summed E-state index contributed by atoms with van der Waals surface area (Å²) in [5.41, 5.74) is 15.1. The number of alkyl halides is 1. The first-order valence-electron chi connectivity index (χ1n) is 13.1. The maximum atomic E-state index is 10.8. The summed E-state index contributed by atoms with van der Waals surface area (Å²) in [6.07, 6.45) is 0. The van der Waals surface area contributed by atoms with E-state index < -0.39 is 30.0 Å². The van der Waals surface area contributed by atoms with E-state index in [0.29, 0.717) is 6.61 Å². The van der Waals surface area contributed by atoms with Crippen molar-refractivity contribution in [3.8, 4) is 0 Å². The van der Waals surface area contributed by atoms with Crippen molar-refractivity contribution in [1.29, 1.82) is 0 Å². The predicted octanol–water partition coefficient (Wildman–Crippen LogP) is -2.61. The Labute approximate surface area is 273 Å². The summed E-state index contributed by atoms with van der Waals surface area (Å²) in [6.45, 7) is 2.72. The third-order valence-electron chi connectivity index (χ3n) is 4.53. The second kappa shape index (κ2) is 24.8. The highest BCUT2D eigenvalue weighted by molar-refractivity contribution is 6.28. The van der Waals surface area contributed by atoms with Gasteiger partial charge in [0.2, 0.25) is 17.7 Å². The third-order valence-corrected chi connectivity index (χ3v) is 4.77. The minimum atomic E-state index is -0.968. The second-order valence-electron chi connectivity index (χ2n) is 8.82. The summed E-state index contributed by atoms with van der Waals surface area (Å²) < 4.78 is 4.81. The van der Waals surface area contributed by atoms with Crippen LogP contribution in [0, 0.1) is 0 Å². The van der Waals surface area contributed by atoms with E-state index in [0.717, 1.165) is 5.56 Å². The number of rotatable bonds is 9. The molecule has 0 spiro atoms. The van der Waals surface area contributed by atoms with Gasteiger partial charge < -0.3 is 36.8 Å². The fourth-order valence-electron chi connectivity index (χ4n) is 2.73. The number of nitrogens with one attached hydrogen (secondary N) is 3. The molecule has 10 N–H and O–H groups in total. The van der Waals surface area contributed by atoms with Crippen LogP contribution in [0.25, 0.3) is 0 Å². The Morgan fingerprint density at radius 3 is 1.53 bits per heavy atom. The summed E-state index contributed by atoms with van der Waals surface area (Å²) in [5, 5.41) is 13.5. The molecule has 0 atom stereocenters. The molecular weight excluding hydrogens is 652 g/mol. The minimum Gasteiger partial charge on any atom is -0.480 e. The molecule has 2 heterocycles. The maximum absolute atomic E-state index is 10.8. The second-order valence-corrected chi connectivity index (χ2v) is 9.08. The van der Waals surface area contributed by atoms with Gasteiger partial charge in [-0.1, -0.05) is 30.3 Å². The highest BCUT2D eigenvalue weighted by Crippen LogP contribution is 2.00. The number of urea groups is 3. The summed E-state index contributed by atoms with van der Waals surface area (Å²) in [4.78, 5) is 106. The molecule has 3 rings (SSSR count). The molecule has 21 heteroatoms. The quantitative estimate of drug-likeness (QED) is 0.0794. The van der Waals surface area contributed by atoms with Gasteiger partial charge in [-0.25, -0.2) is 14.4 Å². The molecule has 2 aliphatic rings. The Balaban J connectivity index is 0. The molecule has 0 unspecified atom stereocenters. The number of benzene rings is 1. The molecule has 2 fully saturated rings. The molecular formula is C26H37ClN8O12. The van der Waals surface area contributed by atoms with Crippen LogP contribution in [-0.4, -0.2) is 119 Å². The average molecular weight is 689 g/mol. The van der Waals surface area contributed by atoms with Gasteiger partial charge in [0.15, 0.2) is 0 Å². The number of aliphatic carboxylic acids is 1. The lowest BCUT2D eigenvalue weighted by Crippen LogP contribution is -2.35. The van der Waals surface area contributed by atoms with Crippen molar-refractivity contribution in [2.45, 2.75) is 20.5 Å². The van der Waals surface area contributed by atoms with Crippen LogP contribution in [0.2, 0.25) is 0 Å². The van der Waals surface area contributed by atoms with Crippen molar-refractivity contribution in [1.82, 2.24) is 25.8 Å². The lowest BCUT2D eigenvalue weighted by Gasteiger charge is -2.08. The Morgan fingerprint density at radius 1 is 0.851 bits per heavy atom. The molecule has 260 valence electrons. The van der Waals surface area contributed by atoms with Crippen LogP contribution in [0.5, 0.6) is 0 Å². The standard InChI is InChI=1S/C9H11NO2.2C6H8N2O3.C3H5ClN2O2.C2H5NO2/c10-6-9(11)12-7-8-4-2-1-3-5-8;2*1-4(9)2-8-3-5(10)7-6(8)11;4-1-2(7)6-3(5)8;3-1-2(4)5/h1-5H,6-7,10H2;2*2-3H2,1H3,(H,7,10,11);1H2,(H3,5,6,7,8);1,3H2,(H,4,5). The van der Waals surface area contributed by atoms with Crippen LogP contribution in [0.1, 0.15) is 19.4 Å². The van der Waals surface area contributed by atoms with E-state index in [1.165, 1.54) is 23.6 Å². The summed E-state index contributed by atoms with van der Waals surface area (Å²) in [5.74, 6) is -3.14. The summed E-state index contributed by atoms with van der Waals surface area (Å²) >= 11 is 4.98. The average Bonchev–Trinajstić information content (AvgIpc) is 3.49. The summed E-state index contributed by atoms with van der Waals surface area (Å²) in [6, 6.07) is 7.64. The topological polar surface area (TPSA) is 321 Å². The van der Waals surface area contributed by atoms with Gasteiger partial charge in [-0.2, -0.15) is 0 Å². The molecule has 9 amide bonds. The molecule has 0 aliphatic carbocycles. The van der Waals surface area contributed by atoms with E-state index in [1.54, 1.807) is 5.32 Å². The number of carboxylic acids is 1. The number of Topliss-reactive ketones (excluding diaryl/α,β-unsaturated/α-hetero) is 2. The first-order valence-corrected chi connectivity index (χ1v) is 13.6. The van der Waals surface area contributed by atoms with Gasteiger partial charge >= 0.3 is 30.0 Å². The van der Waals surface area contributed by atoms with Gasteiger partial charge in [0.05, 0.1) is 26.2 Å². The summed E-state index contributed by atoms with van der Waals surface area (Å²) in [7, 11) is 0. The maximum Gasteiger partial charge on any atom is 0.324 e.